The summed E-state index contributed by atoms with van der Waals surface area (Å²) in [5, 5.41) is 0.208. The SMILES string of the molecule is CCCN(CCC)C(=O)c1sc(-c2ccccc2)nc1C(F)(F)F. The minimum Gasteiger partial charge on any atom is -0.338 e. The smallest absolute Gasteiger partial charge is 0.338 e. The minimum atomic E-state index is -4.65. The third kappa shape index (κ3) is 4.14. The summed E-state index contributed by atoms with van der Waals surface area (Å²) in [5.74, 6) is -0.592. The summed E-state index contributed by atoms with van der Waals surface area (Å²) in [7, 11) is 0. The fourth-order valence-corrected chi connectivity index (χ4v) is 3.42. The molecule has 0 unspecified atom stereocenters. The van der Waals surface area contributed by atoms with E-state index >= 15 is 0 Å². The highest BCUT2D eigenvalue weighted by atomic mass is 32.1. The summed E-state index contributed by atoms with van der Waals surface area (Å²) >= 11 is 0.805. The van der Waals surface area contributed by atoms with Crippen LogP contribution in [0.25, 0.3) is 10.6 Å². The van der Waals surface area contributed by atoms with Gasteiger partial charge in [0.05, 0.1) is 0 Å². The molecule has 0 spiro atoms. The van der Waals surface area contributed by atoms with Gasteiger partial charge in [0.2, 0.25) is 0 Å². The van der Waals surface area contributed by atoms with Crippen molar-refractivity contribution in [3.63, 3.8) is 0 Å². The molecule has 1 aromatic carbocycles. The molecule has 0 saturated heterocycles. The molecule has 24 heavy (non-hydrogen) atoms. The van der Waals surface area contributed by atoms with Gasteiger partial charge in [-0.15, -0.1) is 11.3 Å². The Morgan fingerprint density at radius 3 is 2.21 bits per heavy atom. The normalized spacial score (nSPS) is 11.5. The maximum Gasteiger partial charge on any atom is 0.435 e. The number of halogens is 3. The van der Waals surface area contributed by atoms with Crippen molar-refractivity contribution in [2.24, 2.45) is 0 Å². The Bertz CT molecular complexity index is 677. The van der Waals surface area contributed by atoms with Crippen molar-refractivity contribution in [1.29, 1.82) is 0 Å². The van der Waals surface area contributed by atoms with Gasteiger partial charge < -0.3 is 4.90 Å². The zero-order chi connectivity index (χ0) is 17.7. The Labute approximate surface area is 143 Å². The fourth-order valence-electron chi connectivity index (χ4n) is 2.36. The summed E-state index contributed by atoms with van der Waals surface area (Å²) < 4.78 is 40.0. The number of carbonyl (C=O) groups is 1. The lowest BCUT2D eigenvalue weighted by Crippen LogP contribution is -2.33. The Balaban J connectivity index is 2.47. The van der Waals surface area contributed by atoms with E-state index in [2.05, 4.69) is 4.98 Å². The third-order valence-electron chi connectivity index (χ3n) is 3.38. The first-order valence-corrected chi connectivity index (χ1v) is 8.62. The molecule has 130 valence electrons. The van der Waals surface area contributed by atoms with Crippen molar-refractivity contribution in [2.45, 2.75) is 32.9 Å². The number of alkyl halides is 3. The van der Waals surface area contributed by atoms with Crippen LogP contribution in [0.2, 0.25) is 0 Å². The molecule has 0 N–H and O–H groups in total. The molecule has 0 radical (unpaired) electrons. The van der Waals surface area contributed by atoms with Crippen molar-refractivity contribution in [2.75, 3.05) is 13.1 Å². The molecule has 2 rings (SSSR count). The van der Waals surface area contributed by atoms with E-state index in [-0.39, 0.29) is 9.88 Å². The van der Waals surface area contributed by atoms with Gasteiger partial charge in [-0.2, -0.15) is 13.2 Å². The van der Waals surface area contributed by atoms with E-state index < -0.39 is 17.8 Å². The number of thiazole rings is 1. The molecular weight excluding hydrogens is 337 g/mol. The number of aromatic nitrogens is 1. The lowest BCUT2D eigenvalue weighted by molar-refractivity contribution is -0.141. The Kier molecular flexibility index (Phi) is 5.99. The lowest BCUT2D eigenvalue weighted by Gasteiger charge is -2.21. The van der Waals surface area contributed by atoms with Gasteiger partial charge in [-0.1, -0.05) is 44.2 Å². The highest BCUT2D eigenvalue weighted by molar-refractivity contribution is 7.17. The van der Waals surface area contributed by atoms with E-state index in [1.807, 2.05) is 13.8 Å². The predicted octanol–water partition coefficient (Wildman–Crippen LogP) is 5.09. The van der Waals surface area contributed by atoms with Gasteiger partial charge in [-0.3, -0.25) is 4.79 Å². The van der Waals surface area contributed by atoms with Crippen LogP contribution in [-0.4, -0.2) is 28.9 Å². The molecule has 0 saturated carbocycles. The predicted molar refractivity (Wildman–Crippen MR) is 89.0 cm³/mol. The van der Waals surface area contributed by atoms with Crippen molar-refractivity contribution < 1.29 is 18.0 Å². The second-order valence-corrected chi connectivity index (χ2v) is 6.35. The second kappa shape index (κ2) is 7.79. The molecule has 0 fully saturated rings. The quantitative estimate of drug-likeness (QED) is 0.722. The number of amides is 1. The molecule has 0 aliphatic heterocycles. The maximum absolute atomic E-state index is 13.3. The molecule has 7 heteroatoms. The first-order chi connectivity index (χ1) is 11.4. The van der Waals surface area contributed by atoms with Crippen LogP contribution in [0.15, 0.2) is 30.3 Å². The number of benzene rings is 1. The average molecular weight is 356 g/mol. The summed E-state index contributed by atoms with van der Waals surface area (Å²) in [6.07, 6.45) is -3.27. The number of hydrogen-bond acceptors (Lipinski definition) is 3. The zero-order valence-corrected chi connectivity index (χ0v) is 14.4. The third-order valence-corrected chi connectivity index (χ3v) is 4.48. The molecule has 2 aromatic rings. The zero-order valence-electron chi connectivity index (χ0n) is 13.6. The van der Waals surface area contributed by atoms with Crippen LogP contribution in [0.3, 0.4) is 0 Å². The highest BCUT2D eigenvalue weighted by Crippen LogP contribution is 2.38. The van der Waals surface area contributed by atoms with Crippen LogP contribution in [0.1, 0.15) is 42.1 Å². The van der Waals surface area contributed by atoms with Crippen molar-refractivity contribution in [3.05, 3.63) is 40.9 Å². The van der Waals surface area contributed by atoms with Crippen molar-refractivity contribution in [1.82, 2.24) is 9.88 Å². The topological polar surface area (TPSA) is 33.2 Å². The van der Waals surface area contributed by atoms with Crippen LogP contribution >= 0.6 is 11.3 Å². The molecule has 1 aromatic heterocycles. The number of hydrogen-bond donors (Lipinski definition) is 0. The second-order valence-electron chi connectivity index (χ2n) is 5.35. The lowest BCUT2D eigenvalue weighted by atomic mass is 10.2. The van der Waals surface area contributed by atoms with Gasteiger partial charge in [-0.25, -0.2) is 4.98 Å². The largest absolute Gasteiger partial charge is 0.435 e. The number of rotatable bonds is 6. The van der Waals surface area contributed by atoms with Crippen LogP contribution in [0.4, 0.5) is 13.2 Å². The van der Waals surface area contributed by atoms with E-state index in [9.17, 15) is 18.0 Å². The molecule has 0 aliphatic rings. The molecule has 0 aliphatic carbocycles. The van der Waals surface area contributed by atoms with Gasteiger partial charge in [0, 0.05) is 18.7 Å². The van der Waals surface area contributed by atoms with Gasteiger partial charge in [0.25, 0.3) is 5.91 Å². The van der Waals surface area contributed by atoms with Crippen LogP contribution in [0, 0.1) is 0 Å². The van der Waals surface area contributed by atoms with E-state index in [0.29, 0.717) is 31.5 Å². The van der Waals surface area contributed by atoms with E-state index in [4.69, 9.17) is 0 Å². The maximum atomic E-state index is 13.3. The molecule has 0 bridgehead atoms. The Hall–Kier alpha value is -1.89. The minimum absolute atomic E-state index is 0.208. The van der Waals surface area contributed by atoms with Gasteiger partial charge in [-0.05, 0) is 12.8 Å². The van der Waals surface area contributed by atoms with Crippen molar-refractivity contribution in [3.8, 4) is 10.6 Å². The standard InChI is InChI=1S/C17H19F3N2OS/c1-3-10-22(11-4-2)16(23)13-14(17(18,19)20)21-15(24-13)12-8-6-5-7-9-12/h5-9H,3-4,10-11H2,1-2H3. The number of nitrogens with zero attached hydrogens (tertiary/aromatic N) is 2. The molecule has 1 amide bonds. The van der Waals surface area contributed by atoms with Gasteiger partial charge >= 0.3 is 6.18 Å². The summed E-state index contributed by atoms with van der Waals surface area (Å²) in [5.41, 5.74) is -0.516. The molecular formula is C17H19F3N2OS. The van der Waals surface area contributed by atoms with E-state index in [1.165, 1.54) is 4.90 Å². The monoisotopic (exact) mass is 356 g/mol. The van der Waals surface area contributed by atoms with Crippen LogP contribution in [0.5, 0.6) is 0 Å². The van der Waals surface area contributed by atoms with Crippen LogP contribution in [-0.2, 0) is 6.18 Å². The Morgan fingerprint density at radius 2 is 1.71 bits per heavy atom. The van der Waals surface area contributed by atoms with E-state index in [0.717, 1.165) is 11.3 Å². The van der Waals surface area contributed by atoms with Gasteiger partial charge in [0.15, 0.2) is 5.69 Å². The fraction of sp³-hybridized carbons (Fsp3) is 0.412. The summed E-state index contributed by atoms with van der Waals surface area (Å²) in [4.78, 5) is 17.5. The summed E-state index contributed by atoms with van der Waals surface area (Å²) in [6, 6.07) is 8.60. The van der Waals surface area contributed by atoms with Crippen molar-refractivity contribution >= 4 is 17.2 Å². The molecule has 1 heterocycles. The number of carbonyl (C=O) groups excluding carboxylic acids is 1. The summed E-state index contributed by atoms with van der Waals surface area (Å²) in [6.45, 7) is 4.65. The first-order valence-electron chi connectivity index (χ1n) is 7.81. The first kappa shape index (κ1) is 18.4. The molecule has 3 nitrogen and oxygen atoms in total. The molecule has 0 atom stereocenters. The highest BCUT2D eigenvalue weighted by Gasteiger charge is 2.40. The Morgan fingerprint density at radius 1 is 1.12 bits per heavy atom. The average Bonchev–Trinajstić information content (AvgIpc) is 3.00. The van der Waals surface area contributed by atoms with Crippen LogP contribution < -0.4 is 0 Å². The van der Waals surface area contributed by atoms with E-state index in [1.54, 1.807) is 30.3 Å². The van der Waals surface area contributed by atoms with Gasteiger partial charge in [0.1, 0.15) is 9.88 Å².